The van der Waals surface area contributed by atoms with E-state index >= 15 is 0 Å². The Morgan fingerprint density at radius 2 is 1.86 bits per heavy atom. The summed E-state index contributed by atoms with van der Waals surface area (Å²) in [5.74, 6) is -0.0415. The molecule has 0 fully saturated rings. The van der Waals surface area contributed by atoms with Crippen molar-refractivity contribution in [3.05, 3.63) is 24.3 Å². The average Bonchev–Trinajstić information content (AvgIpc) is 2.46. The number of benzene rings is 1. The van der Waals surface area contributed by atoms with E-state index in [4.69, 9.17) is 5.73 Å². The van der Waals surface area contributed by atoms with E-state index in [1.54, 1.807) is 11.9 Å². The van der Waals surface area contributed by atoms with Crippen LogP contribution in [-0.4, -0.2) is 41.6 Å². The van der Waals surface area contributed by atoms with Gasteiger partial charge in [-0.1, -0.05) is 0 Å². The van der Waals surface area contributed by atoms with E-state index in [-0.39, 0.29) is 23.1 Å². The van der Waals surface area contributed by atoms with Gasteiger partial charge in [0.15, 0.2) is 0 Å². The van der Waals surface area contributed by atoms with Crippen LogP contribution in [0.2, 0.25) is 0 Å². The molecule has 1 aromatic rings. The van der Waals surface area contributed by atoms with Gasteiger partial charge in [-0.05, 0) is 38.1 Å². The molecule has 0 saturated carbocycles. The molecule has 0 spiro atoms. The van der Waals surface area contributed by atoms with E-state index in [1.165, 1.54) is 18.7 Å². The molecule has 5 nitrogen and oxygen atoms in total. The fraction of sp³-hybridized carbons (Fsp3) is 0.467. The van der Waals surface area contributed by atoms with Crippen molar-refractivity contribution in [1.82, 2.24) is 4.90 Å². The van der Waals surface area contributed by atoms with Gasteiger partial charge in [0.1, 0.15) is 0 Å². The van der Waals surface area contributed by atoms with Gasteiger partial charge in [-0.2, -0.15) is 0 Å². The molecule has 0 aromatic heterocycles. The lowest BCUT2D eigenvalue weighted by atomic mass is 10.3. The minimum Gasteiger partial charge on any atom is -0.341 e. The molecule has 21 heavy (non-hydrogen) atoms. The summed E-state index contributed by atoms with van der Waals surface area (Å²) in [6.45, 7) is 5.73. The van der Waals surface area contributed by atoms with E-state index < -0.39 is 0 Å². The van der Waals surface area contributed by atoms with E-state index in [2.05, 4.69) is 5.32 Å². The molecule has 1 aromatic carbocycles. The first-order valence-electron chi connectivity index (χ1n) is 6.86. The molecule has 2 amide bonds. The van der Waals surface area contributed by atoms with Crippen molar-refractivity contribution in [3.63, 3.8) is 0 Å². The minimum atomic E-state index is -0.185. The zero-order valence-electron chi connectivity index (χ0n) is 12.9. The number of nitrogens with one attached hydrogen (secondary N) is 1. The predicted molar refractivity (Wildman–Crippen MR) is 87.4 cm³/mol. The first-order valence-corrected chi connectivity index (χ1v) is 7.74. The third kappa shape index (κ3) is 5.40. The molecule has 0 bridgehead atoms. The van der Waals surface area contributed by atoms with Crippen LogP contribution in [-0.2, 0) is 9.59 Å². The van der Waals surface area contributed by atoms with E-state index in [9.17, 15) is 9.59 Å². The summed E-state index contributed by atoms with van der Waals surface area (Å²) in [5, 5.41) is 2.53. The maximum Gasteiger partial charge on any atom is 0.235 e. The Morgan fingerprint density at radius 3 is 2.33 bits per heavy atom. The fourth-order valence-electron chi connectivity index (χ4n) is 1.74. The standard InChI is InChI=1S/C15H23N3O2S/c1-10(9-16)18(4)15(20)11(2)21-14-7-5-13(6-8-14)17-12(3)19/h5-8,10-11H,9,16H2,1-4H3,(H,17,19). The van der Waals surface area contributed by atoms with Crippen molar-refractivity contribution in [2.75, 3.05) is 18.9 Å². The Kier molecular flexibility index (Phi) is 6.71. The summed E-state index contributed by atoms with van der Waals surface area (Å²) in [7, 11) is 1.77. The molecule has 0 heterocycles. The molecular formula is C15H23N3O2S. The number of nitrogens with two attached hydrogens (primary N) is 1. The number of thioether (sulfide) groups is 1. The van der Waals surface area contributed by atoms with Crippen LogP contribution in [0.25, 0.3) is 0 Å². The highest BCUT2D eigenvalue weighted by Crippen LogP contribution is 2.26. The second kappa shape index (κ2) is 8.05. The maximum atomic E-state index is 12.3. The topological polar surface area (TPSA) is 75.4 Å². The lowest BCUT2D eigenvalue weighted by Gasteiger charge is -2.26. The molecule has 0 aliphatic carbocycles. The first-order chi connectivity index (χ1) is 9.85. The van der Waals surface area contributed by atoms with Gasteiger partial charge in [-0.15, -0.1) is 11.8 Å². The summed E-state index contributed by atoms with van der Waals surface area (Å²) in [4.78, 5) is 25.9. The highest BCUT2D eigenvalue weighted by Gasteiger charge is 2.21. The third-order valence-corrected chi connectivity index (χ3v) is 4.28. The van der Waals surface area contributed by atoms with Crippen molar-refractivity contribution in [3.8, 4) is 0 Å². The largest absolute Gasteiger partial charge is 0.341 e. The van der Waals surface area contributed by atoms with Gasteiger partial charge in [0, 0.05) is 37.1 Å². The quantitative estimate of drug-likeness (QED) is 0.787. The smallest absolute Gasteiger partial charge is 0.235 e. The number of amides is 2. The Labute approximate surface area is 130 Å². The van der Waals surface area contributed by atoms with Gasteiger partial charge in [-0.25, -0.2) is 0 Å². The van der Waals surface area contributed by atoms with Crippen LogP contribution in [0.15, 0.2) is 29.2 Å². The molecule has 116 valence electrons. The zero-order chi connectivity index (χ0) is 16.0. The van der Waals surface area contributed by atoms with Gasteiger partial charge in [0.25, 0.3) is 0 Å². The van der Waals surface area contributed by atoms with Crippen LogP contribution in [0.4, 0.5) is 5.69 Å². The molecule has 0 saturated heterocycles. The Balaban J connectivity index is 2.64. The Bertz CT molecular complexity index is 490. The Hall–Kier alpha value is -1.53. The first kappa shape index (κ1) is 17.5. The average molecular weight is 309 g/mol. The number of nitrogens with zero attached hydrogens (tertiary/aromatic N) is 1. The fourth-order valence-corrected chi connectivity index (χ4v) is 2.71. The summed E-state index contributed by atoms with van der Waals surface area (Å²) in [5.41, 5.74) is 6.33. The van der Waals surface area contributed by atoms with Gasteiger partial charge >= 0.3 is 0 Å². The maximum absolute atomic E-state index is 12.3. The highest BCUT2D eigenvalue weighted by atomic mass is 32.2. The van der Waals surface area contributed by atoms with Crippen LogP contribution >= 0.6 is 11.8 Å². The molecule has 2 unspecified atom stereocenters. The second-order valence-corrected chi connectivity index (χ2v) is 6.41. The van der Waals surface area contributed by atoms with Crippen molar-refractivity contribution in [2.45, 2.75) is 37.0 Å². The third-order valence-electron chi connectivity index (χ3n) is 3.19. The number of rotatable bonds is 6. The molecule has 0 radical (unpaired) electrons. The van der Waals surface area contributed by atoms with Crippen molar-refractivity contribution in [2.24, 2.45) is 5.73 Å². The number of anilines is 1. The molecule has 0 aliphatic rings. The van der Waals surface area contributed by atoms with Gasteiger partial charge in [0.05, 0.1) is 5.25 Å². The molecule has 3 N–H and O–H groups in total. The van der Waals surface area contributed by atoms with E-state index in [0.29, 0.717) is 6.54 Å². The van der Waals surface area contributed by atoms with E-state index in [1.807, 2.05) is 38.1 Å². The van der Waals surface area contributed by atoms with Crippen LogP contribution in [0.3, 0.4) is 0 Å². The number of carbonyl (C=O) groups is 2. The summed E-state index contributed by atoms with van der Waals surface area (Å²) in [6.07, 6.45) is 0. The molecule has 1 rings (SSSR count). The Morgan fingerprint density at radius 1 is 1.29 bits per heavy atom. The molecular weight excluding hydrogens is 286 g/mol. The van der Waals surface area contributed by atoms with Gasteiger partial charge in [-0.3, -0.25) is 9.59 Å². The molecule has 2 atom stereocenters. The van der Waals surface area contributed by atoms with Gasteiger partial charge in [0.2, 0.25) is 11.8 Å². The summed E-state index contributed by atoms with van der Waals surface area (Å²) < 4.78 is 0. The van der Waals surface area contributed by atoms with Crippen LogP contribution in [0.1, 0.15) is 20.8 Å². The van der Waals surface area contributed by atoms with Crippen LogP contribution in [0, 0.1) is 0 Å². The summed E-state index contributed by atoms with van der Waals surface area (Å²) >= 11 is 1.49. The zero-order valence-corrected chi connectivity index (χ0v) is 13.7. The lowest BCUT2D eigenvalue weighted by Crippen LogP contribution is -2.43. The number of carbonyl (C=O) groups excluding carboxylic acids is 2. The lowest BCUT2D eigenvalue weighted by molar-refractivity contribution is -0.130. The SMILES string of the molecule is CC(=O)Nc1ccc(SC(C)C(=O)N(C)C(C)CN)cc1. The molecule has 6 heteroatoms. The summed E-state index contributed by atoms with van der Waals surface area (Å²) in [6, 6.07) is 7.47. The number of hydrogen-bond donors (Lipinski definition) is 2. The monoisotopic (exact) mass is 309 g/mol. The number of hydrogen-bond acceptors (Lipinski definition) is 4. The number of likely N-dealkylation sites (N-methyl/N-ethyl adjacent to an activating group) is 1. The van der Waals surface area contributed by atoms with Crippen LogP contribution in [0.5, 0.6) is 0 Å². The highest BCUT2D eigenvalue weighted by molar-refractivity contribution is 8.00. The minimum absolute atomic E-state index is 0.0303. The predicted octanol–water partition coefficient (Wildman–Crippen LogP) is 1.93. The van der Waals surface area contributed by atoms with Crippen molar-refractivity contribution >= 4 is 29.3 Å². The van der Waals surface area contributed by atoms with Crippen molar-refractivity contribution < 1.29 is 9.59 Å². The normalized spacial score (nSPS) is 13.4. The van der Waals surface area contributed by atoms with E-state index in [0.717, 1.165) is 10.6 Å². The van der Waals surface area contributed by atoms with Gasteiger partial charge < -0.3 is 16.0 Å². The van der Waals surface area contributed by atoms with Crippen LogP contribution < -0.4 is 11.1 Å². The second-order valence-electron chi connectivity index (χ2n) is 5.00. The molecule has 0 aliphatic heterocycles. The van der Waals surface area contributed by atoms with Crippen molar-refractivity contribution in [1.29, 1.82) is 0 Å².